The zero-order valence-electron chi connectivity index (χ0n) is 17.0. The predicted octanol–water partition coefficient (Wildman–Crippen LogP) is 2.08. The summed E-state index contributed by atoms with van der Waals surface area (Å²) in [4.78, 5) is 28.9. The predicted molar refractivity (Wildman–Crippen MR) is 107 cm³/mol. The van der Waals surface area contributed by atoms with Crippen molar-refractivity contribution in [2.45, 2.75) is 64.5 Å². The second kappa shape index (κ2) is 7.40. The summed E-state index contributed by atoms with van der Waals surface area (Å²) in [5.41, 5.74) is 7.08. The molecule has 0 bridgehead atoms. The molecule has 1 unspecified atom stereocenters. The molecule has 4 rings (SSSR count). The maximum absolute atomic E-state index is 12.4. The van der Waals surface area contributed by atoms with E-state index in [2.05, 4.69) is 22.3 Å². The van der Waals surface area contributed by atoms with E-state index in [4.69, 9.17) is 5.73 Å². The quantitative estimate of drug-likeness (QED) is 0.662. The molecule has 3 heterocycles. The molecule has 0 aromatic carbocycles. The lowest BCUT2D eigenvalue weighted by Crippen LogP contribution is -2.41. The number of carbonyl (C=O) groups excluding carboxylic acids is 1. The van der Waals surface area contributed by atoms with Gasteiger partial charge in [0.25, 0.3) is 0 Å². The molecule has 1 amide bonds. The highest BCUT2D eigenvalue weighted by molar-refractivity contribution is 6.04. The number of aliphatic carboxylic acids is 1. The van der Waals surface area contributed by atoms with Gasteiger partial charge in [0, 0.05) is 12.5 Å². The molecule has 29 heavy (non-hydrogen) atoms. The Morgan fingerprint density at radius 1 is 1.34 bits per heavy atom. The molecule has 2 aromatic rings. The van der Waals surface area contributed by atoms with Gasteiger partial charge in [0.1, 0.15) is 0 Å². The number of carboxylic acid groups (broad SMARTS) is 1. The van der Waals surface area contributed by atoms with Crippen LogP contribution in [0.15, 0.2) is 18.3 Å². The first kappa shape index (κ1) is 19.8. The van der Waals surface area contributed by atoms with Crippen LogP contribution in [0.3, 0.4) is 0 Å². The Bertz CT molecular complexity index is 934. The molecule has 8 heteroatoms. The molecule has 0 spiro atoms. The van der Waals surface area contributed by atoms with Crippen LogP contribution in [0.5, 0.6) is 0 Å². The molecule has 1 aliphatic heterocycles. The third kappa shape index (κ3) is 3.61. The first-order valence-corrected chi connectivity index (χ1v) is 10.4. The molecule has 0 radical (unpaired) electrons. The zero-order valence-corrected chi connectivity index (χ0v) is 17.0. The van der Waals surface area contributed by atoms with Crippen molar-refractivity contribution >= 4 is 17.5 Å². The average Bonchev–Trinajstić information content (AvgIpc) is 3.22. The number of rotatable bonds is 5. The normalized spacial score (nSPS) is 31.0. The van der Waals surface area contributed by atoms with Gasteiger partial charge in [-0.1, -0.05) is 19.8 Å². The van der Waals surface area contributed by atoms with E-state index in [-0.39, 0.29) is 24.9 Å². The molecule has 2 aromatic heterocycles. The number of imidazole rings is 1. The van der Waals surface area contributed by atoms with Crippen molar-refractivity contribution in [3.8, 4) is 0 Å². The van der Waals surface area contributed by atoms with Gasteiger partial charge in [-0.05, 0) is 50.2 Å². The van der Waals surface area contributed by atoms with Crippen LogP contribution >= 0.6 is 0 Å². The van der Waals surface area contributed by atoms with Gasteiger partial charge in [0.05, 0.1) is 23.6 Å². The van der Waals surface area contributed by atoms with Crippen LogP contribution in [0, 0.1) is 17.3 Å². The summed E-state index contributed by atoms with van der Waals surface area (Å²) in [7, 11) is 0. The summed E-state index contributed by atoms with van der Waals surface area (Å²) >= 11 is 0. The maximum atomic E-state index is 12.4. The number of nitrogens with one attached hydrogen (secondary N) is 1. The van der Waals surface area contributed by atoms with E-state index in [1.807, 2.05) is 19.2 Å². The Kier molecular flexibility index (Phi) is 5.06. The van der Waals surface area contributed by atoms with Crippen LogP contribution in [-0.4, -0.2) is 37.6 Å². The number of fused-ring (bicyclic) bond motifs is 1. The number of nitrogens with zero attached hydrogens (tertiary/aromatic N) is 3. The first-order chi connectivity index (χ1) is 13.8. The van der Waals surface area contributed by atoms with Crippen LogP contribution < -0.4 is 11.1 Å². The number of aromatic nitrogens is 3. The molecule has 2 aliphatic rings. The van der Waals surface area contributed by atoms with Gasteiger partial charge in [-0.2, -0.15) is 5.10 Å². The van der Waals surface area contributed by atoms with Gasteiger partial charge >= 0.3 is 5.97 Å². The lowest BCUT2D eigenvalue weighted by molar-refractivity contribution is -0.153. The Morgan fingerprint density at radius 3 is 2.69 bits per heavy atom. The van der Waals surface area contributed by atoms with E-state index in [0.29, 0.717) is 17.3 Å². The van der Waals surface area contributed by atoms with Gasteiger partial charge < -0.3 is 16.2 Å². The minimum Gasteiger partial charge on any atom is -0.480 e. The van der Waals surface area contributed by atoms with Crippen LogP contribution in [0.1, 0.15) is 63.4 Å². The Hall–Kier alpha value is -2.48. The fourth-order valence-electron chi connectivity index (χ4n) is 4.83. The zero-order chi connectivity index (χ0) is 20.8. The highest BCUT2D eigenvalue weighted by atomic mass is 16.4. The van der Waals surface area contributed by atoms with E-state index in [9.17, 15) is 14.7 Å². The second-order valence-corrected chi connectivity index (χ2v) is 8.98. The van der Waals surface area contributed by atoms with Crippen LogP contribution in [0.4, 0.5) is 0 Å². The van der Waals surface area contributed by atoms with Crippen LogP contribution in [0.25, 0.3) is 5.65 Å². The second-order valence-electron chi connectivity index (χ2n) is 8.98. The topological polar surface area (TPSA) is 123 Å². The van der Waals surface area contributed by atoms with E-state index < -0.39 is 17.3 Å². The highest BCUT2D eigenvalue weighted by Crippen LogP contribution is 2.36. The number of carbonyl (C=O) groups is 2. The molecule has 3 atom stereocenters. The molecule has 1 saturated heterocycles. The monoisotopic (exact) mass is 399 g/mol. The van der Waals surface area contributed by atoms with Crippen LogP contribution in [0.2, 0.25) is 0 Å². The summed E-state index contributed by atoms with van der Waals surface area (Å²) in [6.07, 6.45) is 6.77. The fourth-order valence-corrected chi connectivity index (χ4v) is 4.83. The van der Waals surface area contributed by atoms with Crippen LogP contribution in [-0.2, 0) is 16.0 Å². The summed E-state index contributed by atoms with van der Waals surface area (Å²) < 4.78 is 1.65. The van der Waals surface area contributed by atoms with Gasteiger partial charge in [-0.3, -0.25) is 9.59 Å². The minimum atomic E-state index is -1.47. The summed E-state index contributed by atoms with van der Waals surface area (Å²) in [6, 6.07) is 3.27. The molecule has 4 N–H and O–H groups in total. The summed E-state index contributed by atoms with van der Waals surface area (Å²) in [5, 5.41) is 17.0. The lowest BCUT2D eigenvalue weighted by Gasteiger charge is -2.29. The van der Waals surface area contributed by atoms with Gasteiger partial charge in [-0.15, -0.1) is 0 Å². The van der Waals surface area contributed by atoms with Crippen molar-refractivity contribution in [2.24, 2.45) is 23.0 Å². The van der Waals surface area contributed by atoms with E-state index in [0.717, 1.165) is 24.5 Å². The molecular weight excluding hydrogens is 370 g/mol. The standard InChI is InChI=1S/C21H29N5O3/c1-12-3-5-14(6-4-12)18(22)16-11-26-17(24-16)8-7-15(25-26)10-21(20(28)29)9-13(2)23-19(21)27/h7-8,11-14,18H,3-6,9-10,22H2,1-2H3,(H,23,27)(H,28,29)/t12?,13-,14?,18+,21?/m1/s1. The first-order valence-electron chi connectivity index (χ1n) is 10.4. The summed E-state index contributed by atoms with van der Waals surface area (Å²) in [6.45, 7) is 4.10. The maximum Gasteiger partial charge on any atom is 0.319 e. The van der Waals surface area contributed by atoms with Crippen molar-refractivity contribution in [2.75, 3.05) is 0 Å². The largest absolute Gasteiger partial charge is 0.480 e. The molecular formula is C21H29N5O3. The molecule has 1 aliphatic carbocycles. The van der Waals surface area contributed by atoms with Crippen molar-refractivity contribution in [3.63, 3.8) is 0 Å². The van der Waals surface area contributed by atoms with Crippen molar-refractivity contribution in [3.05, 3.63) is 29.7 Å². The molecule has 1 saturated carbocycles. The van der Waals surface area contributed by atoms with Crippen molar-refractivity contribution < 1.29 is 14.7 Å². The fraction of sp³-hybridized carbons (Fsp3) is 0.619. The smallest absolute Gasteiger partial charge is 0.319 e. The van der Waals surface area contributed by atoms with Gasteiger partial charge in [0.15, 0.2) is 11.1 Å². The molecule has 2 fully saturated rings. The third-order valence-corrected chi connectivity index (χ3v) is 6.66. The van der Waals surface area contributed by atoms with Gasteiger partial charge in [-0.25, -0.2) is 9.50 Å². The van der Waals surface area contributed by atoms with E-state index in [1.165, 1.54) is 12.8 Å². The van der Waals surface area contributed by atoms with E-state index >= 15 is 0 Å². The number of nitrogens with two attached hydrogens (primary N) is 1. The van der Waals surface area contributed by atoms with Crippen molar-refractivity contribution in [1.29, 1.82) is 0 Å². The third-order valence-electron chi connectivity index (χ3n) is 6.66. The van der Waals surface area contributed by atoms with E-state index in [1.54, 1.807) is 10.6 Å². The summed E-state index contributed by atoms with van der Waals surface area (Å²) in [5.74, 6) is -0.365. The Balaban J connectivity index is 1.57. The number of amides is 1. The highest BCUT2D eigenvalue weighted by Gasteiger charge is 2.52. The number of hydrogen-bond donors (Lipinski definition) is 3. The Morgan fingerprint density at radius 2 is 2.07 bits per heavy atom. The minimum absolute atomic E-state index is 0.0501. The lowest BCUT2D eigenvalue weighted by atomic mass is 9.79. The Labute approximate surface area is 169 Å². The SMILES string of the molecule is CC1CCC([C@H](N)c2cn3nc(CC4(C(=O)O)C[C@@H](C)NC4=O)ccc3n2)CC1. The average molecular weight is 399 g/mol. The number of carboxylic acids is 1. The number of hydrogen-bond acceptors (Lipinski definition) is 5. The molecule has 156 valence electrons. The van der Waals surface area contributed by atoms with Crippen molar-refractivity contribution in [1.82, 2.24) is 19.9 Å². The molecule has 8 nitrogen and oxygen atoms in total. The van der Waals surface area contributed by atoms with Gasteiger partial charge in [0.2, 0.25) is 5.91 Å².